The first-order valence-corrected chi connectivity index (χ1v) is 5.60. The van der Waals surface area contributed by atoms with Crippen LogP contribution in [0.2, 0.25) is 0 Å². The second-order valence-electron chi connectivity index (χ2n) is 3.97. The molecule has 0 radical (unpaired) electrons. The second-order valence-corrected chi connectivity index (χ2v) is 3.97. The molecule has 0 saturated carbocycles. The molecular formula is C12H16N2O3. The summed E-state index contributed by atoms with van der Waals surface area (Å²) < 4.78 is 0. The Hall–Kier alpha value is -1.91. The molecule has 1 N–H and O–H groups in total. The zero-order valence-electron chi connectivity index (χ0n) is 9.97. The Balaban J connectivity index is 2.66. The maximum absolute atomic E-state index is 11.7. The van der Waals surface area contributed by atoms with Crippen molar-refractivity contribution in [2.45, 2.75) is 32.7 Å². The van der Waals surface area contributed by atoms with Crippen LogP contribution in [0.4, 0.5) is 5.69 Å². The zero-order valence-corrected chi connectivity index (χ0v) is 9.97. The first kappa shape index (κ1) is 13.2. The van der Waals surface area contributed by atoms with Gasteiger partial charge in [-0.05, 0) is 25.5 Å². The van der Waals surface area contributed by atoms with Crippen LogP contribution >= 0.6 is 0 Å². The van der Waals surface area contributed by atoms with Gasteiger partial charge in [-0.1, -0.05) is 13.3 Å². The summed E-state index contributed by atoms with van der Waals surface area (Å²) >= 11 is 0. The van der Waals surface area contributed by atoms with Crippen molar-refractivity contribution in [3.05, 3.63) is 39.9 Å². The standard InChI is InChI=1S/C12H16N2O3/c1-3-4-9(2)13-12(15)10-5-7-11(8-6-10)14(16)17/h5-9H,3-4H2,1-2H3,(H,13,15). The minimum absolute atomic E-state index is 0.0110. The number of nitro benzene ring substituents is 1. The Morgan fingerprint density at radius 3 is 2.47 bits per heavy atom. The van der Waals surface area contributed by atoms with Crippen LogP contribution in [0.3, 0.4) is 0 Å². The van der Waals surface area contributed by atoms with Gasteiger partial charge in [-0.15, -0.1) is 0 Å². The number of rotatable bonds is 5. The van der Waals surface area contributed by atoms with Crippen LogP contribution in [0.25, 0.3) is 0 Å². The number of benzene rings is 1. The molecule has 5 nitrogen and oxygen atoms in total. The van der Waals surface area contributed by atoms with Crippen molar-refractivity contribution < 1.29 is 9.72 Å². The van der Waals surface area contributed by atoms with Gasteiger partial charge in [-0.2, -0.15) is 0 Å². The van der Waals surface area contributed by atoms with Gasteiger partial charge in [0.05, 0.1) is 4.92 Å². The average molecular weight is 236 g/mol. The lowest BCUT2D eigenvalue weighted by Crippen LogP contribution is -2.32. The van der Waals surface area contributed by atoms with Crippen molar-refractivity contribution in [2.24, 2.45) is 0 Å². The monoisotopic (exact) mass is 236 g/mol. The van der Waals surface area contributed by atoms with Gasteiger partial charge >= 0.3 is 0 Å². The number of hydrogen-bond acceptors (Lipinski definition) is 3. The fraction of sp³-hybridized carbons (Fsp3) is 0.417. The van der Waals surface area contributed by atoms with Crippen LogP contribution in [0.5, 0.6) is 0 Å². The Morgan fingerprint density at radius 1 is 1.41 bits per heavy atom. The molecule has 0 bridgehead atoms. The minimum Gasteiger partial charge on any atom is -0.350 e. The van der Waals surface area contributed by atoms with Crippen molar-refractivity contribution in [1.29, 1.82) is 0 Å². The minimum atomic E-state index is -0.485. The summed E-state index contributed by atoms with van der Waals surface area (Å²) in [6, 6.07) is 5.71. The van der Waals surface area contributed by atoms with Crippen LogP contribution in [-0.4, -0.2) is 16.9 Å². The van der Waals surface area contributed by atoms with Crippen LogP contribution in [0.15, 0.2) is 24.3 Å². The topological polar surface area (TPSA) is 72.2 Å². The Bertz CT molecular complexity index is 401. The van der Waals surface area contributed by atoms with Crippen LogP contribution in [0.1, 0.15) is 37.0 Å². The molecule has 1 aromatic carbocycles. The summed E-state index contributed by atoms with van der Waals surface area (Å²) in [4.78, 5) is 21.7. The van der Waals surface area contributed by atoms with Crippen molar-refractivity contribution in [3.8, 4) is 0 Å². The molecule has 1 unspecified atom stereocenters. The molecule has 0 fully saturated rings. The number of nitro groups is 1. The van der Waals surface area contributed by atoms with E-state index in [1.165, 1.54) is 24.3 Å². The van der Waals surface area contributed by atoms with E-state index >= 15 is 0 Å². The second kappa shape index (κ2) is 5.98. The van der Waals surface area contributed by atoms with E-state index in [2.05, 4.69) is 12.2 Å². The molecule has 0 aliphatic rings. The maximum atomic E-state index is 11.7. The van der Waals surface area contributed by atoms with E-state index < -0.39 is 4.92 Å². The predicted octanol–water partition coefficient (Wildman–Crippen LogP) is 2.51. The van der Waals surface area contributed by atoms with Crippen molar-refractivity contribution in [2.75, 3.05) is 0 Å². The fourth-order valence-electron chi connectivity index (χ4n) is 1.55. The van der Waals surface area contributed by atoms with E-state index in [9.17, 15) is 14.9 Å². The van der Waals surface area contributed by atoms with Gasteiger partial charge in [0, 0.05) is 23.7 Å². The number of carbonyl (C=O) groups excluding carboxylic acids is 1. The molecule has 5 heteroatoms. The molecule has 0 saturated heterocycles. The molecular weight excluding hydrogens is 220 g/mol. The number of hydrogen-bond donors (Lipinski definition) is 1. The summed E-state index contributed by atoms with van der Waals surface area (Å²) in [5.41, 5.74) is 0.432. The van der Waals surface area contributed by atoms with Gasteiger partial charge < -0.3 is 5.32 Å². The SMILES string of the molecule is CCCC(C)NC(=O)c1ccc([N+](=O)[O-])cc1. The van der Waals surface area contributed by atoms with Crippen LogP contribution in [0, 0.1) is 10.1 Å². The highest BCUT2D eigenvalue weighted by Gasteiger charge is 2.11. The number of nitrogens with zero attached hydrogens (tertiary/aromatic N) is 1. The molecule has 0 aromatic heterocycles. The molecule has 0 aliphatic heterocycles. The highest BCUT2D eigenvalue weighted by Crippen LogP contribution is 2.12. The molecule has 17 heavy (non-hydrogen) atoms. The highest BCUT2D eigenvalue weighted by atomic mass is 16.6. The van der Waals surface area contributed by atoms with Gasteiger partial charge in [0.1, 0.15) is 0 Å². The summed E-state index contributed by atoms with van der Waals surface area (Å²) in [5.74, 6) is -0.194. The Labute approximate surface area is 100.0 Å². The third kappa shape index (κ3) is 3.86. The Morgan fingerprint density at radius 2 is 2.00 bits per heavy atom. The van der Waals surface area contributed by atoms with E-state index in [1.807, 2.05) is 6.92 Å². The van der Waals surface area contributed by atoms with Gasteiger partial charge in [0.25, 0.3) is 11.6 Å². The molecule has 0 spiro atoms. The van der Waals surface area contributed by atoms with Gasteiger partial charge in [-0.3, -0.25) is 14.9 Å². The van der Waals surface area contributed by atoms with Crippen molar-refractivity contribution in [3.63, 3.8) is 0 Å². The van der Waals surface area contributed by atoms with E-state index in [0.717, 1.165) is 12.8 Å². The van der Waals surface area contributed by atoms with E-state index in [-0.39, 0.29) is 17.6 Å². The number of nitrogens with one attached hydrogen (secondary N) is 1. The average Bonchev–Trinajstić information content (AvgIpc) is 2.29. The number of amides is 1. The fourth-order valence-corrected chi connectivity index (χ4v) is 1.55. The summed E-state index contributed by atoms with van der Waals surface area (Å²) in [5, 5.41) is 13.3. The number of non-ortho nitro benzene ring substituents is 1. The molecule has 1 atom stereocenters. The smallest absolute Gasteiger partial charge is 0.269 e. The lowest BCUT2D eigenvalue weighted by molar-refractivity contribution is -0.384. The van der Waals surface area contributed by atoms with Crippen molar-refractivity contribution in [1.82, 2.24) is 5.32 Å². The molecule has 1 amide bonds. The summed E-state index contributed by atoms with van der Waals surface area (Å²) in [7, 11) is 0. The van der Waals surface area contributed by atoms with Gasteiger partial charge in [0.2, 0.25) is 0 Å². The van der Waals surface area contributed by atoms with E-state index in [1.54, 1.807) is 0 Å². The molecule has 1 rings (SSSR count). The zero-order chi connectivity index (χ0) is 12.8. The van der Waals surface area contributed by atoms with Gasteiger partial charge in [-0.25, -0.2) is 0 Å². The third-order valence-corrected chi connectivity index (χ3v) is 2.44. The predicted molar refractivity (Wildman–Crippen MR) is 64.9 cm³/mol. The molecule has 1 aromatic rings. The molecule has 0 heterocycles. The Kier molecular flexibility index (Phi) is 4.63. The van der Waals surface area contributed by atoms with E-state index in [4.69, 9.17) is 0 Å². The molecule has 0 aliphatic carbocycles. The first-order valence-electron chi connectivity index (χ1n) is 5.60. The number of carbonyl (C=O) groups is 1. The third-order valence-electron chi connectivity index (χ3n) is 2.44. The van der Waals surface area contributed by atoms with Crippen molar-refractivity contribution >= 4 is 11.6 Å². The lowest BCUT2D eigenvalue weighted by Gasteiger charge is -2.12. The summed E-state index contributed by atoms with van der Waals surface area (Å²) in [6.07, 6.45) is 1.92. The highest BCUT2D eigenvalue weighted by molar-refractivity contribution is 5.94. The largest absolute Gasteiger partial charge is 0.350 e. The lowest BCUT2D eigenvalue weighted by atomic mass is 10.1. The van der Waals surface area contributed by atoms with Gasteiger partial charge in [0.15, 0.2) is 0 Å². The molecule has 92 valence electrons. The van der Waals surface area contributed by atoms with Crippen LogP contribution < -0.4 is 5.32 Å². The van der Waals surface area contributed by atoms with Crippen LogP contribution in [-0.2, 0) is 0 Å². The van der Waals surface area contributed by atoms with E-state index in [0.29, 0.717) is 5.56 Å². The normalized spacial score (nSPS) is 11.9. The quantitative estimate of drug-likeness (QED) is 0.630. The summed E-state index contributed by atoms with van der Waals surface area (Å²) in [6.45, 7) is 3.99. The maximum Gasteiger partial charge on any atom is 0.269 e. The first-order chi connectivity index (χ1) is 8.04.